The molecular formula is C20H23N3O2. The number of carbonyl (C=O) groups excluding carboxylic acids is 1. The summed E-state index contributed by atoms with van der Waals surface area (Å²) in [6.07, 6.45) is 8.88. The van der Waals surface area contributed by atoms with Gasteiger partial charge in [-0.3, -0.25) is 4.79 Å². The van der Waals surface area contributed by atoms with Crippen molar-refractivity contribution in [3.8, 4) is 5.75 Å². The van der Waals surface area contributed by atoms with E-state index in [2.05, 4.69) is 16.5 Å². The zero-order valence-electron chi connectivity index (χ0n) is 14.5. The first-order valence-electron chi connectivity index (χ1n) is 8.99. The van der Waals surface area contributed by atoms with Gasteiger partial charge in [0.15, 0.2) is 0 Å². The lowest BCUT2D eigenvalue weighted by atomic mass is 10.0. The van der Waals surface area contributed by atoms with Gasteiger partial charge in [-0.2, -0.15) is 0 Å². The van der Waals surface area contributed by atoms with Gasteiger partial charge in [0.05, 0.1) is 11.6 Å². The van der Waals surface area contributed by atoms with Crippen LogP contribution in [0, 0.1) is 0 Å². The van der Waals surface area contributed by atoms with E-state index >= 15 is 0 Å². The molecular weight excluding hydrogens is 314 g/mol. The number of para-hydroxylation sites is 1. The van der Waals surface area contributed by atoms with Crippen LogP contribution in [0.3, 0.4) is 0 Å². The highest BCUT2D eigenvalue weighted by molar-refractivity contribution is 5.99. The zero-order chi connectivity index (χ0) is 17.2. The number of likely N-dealkylation sites (tertiary alicyclic amines) is 1. The maximum Gasteiger partial charge on any atom is 0.253 e. The number of amides is 1. The van der Waals surface area contributed by atoms with Crippen LogP contribution in [-0.2, 0) is 11.2 Å². The SMILES string of the molecule is CCc1nccn1C1CCCN(C(=O)C2=Cc3ccccc3OC2)C1. The lowest BCUT2D eigenvalue weighted by Crippen LogP contribution is -2.42. The van der Waals surface area contributed by atoms with E-state index in [1.165, 1.54) is 0 Å². The number of imidazole rings is 1. The largest absolute Gasteiger partial charge is 0.488 e. The molecule has 2 aromatic rings. The van der Waals surface area contributed by atoms with E-state index in [1.807, 2.05) is 47.6 Å². The van der Waals surface area contributed by atoms with Gasteiger partial charge in [-0.25, -0.2) is 4.98 Å². The number of aromatic nitrogens is 2. The normalized spacial score (nSPS) is 19.8. The van der Waals surface area contributed by atoms with Gasteiger partial charge in [-0.1, -0.05) is 25.1 Å². The number of benzene rings is 1. The van der Waals surface area contributed by atoms with Crippen molar-refractivity contribution in [2.75, 3.05) is 19.7 Å². The Balaban J connectivity index is 1.52. The highest BCUT2D eigenvalue weighted by atomic mass is 16.5. The van der Waals surface area contributed by atoms with Crippen LogP contribution >= 0.6 is 0 Å². The second kappa shape index (κ2) is 6.75. The molecule has 0 spiro atoms. The van der Waals surface area contributed by atoms with Crippen molar-refractivity contribution in [1.82, 2.24) is 14.5 Å². The number of carbonyl (C=O) groups is 1. The smallest absolute Gasteiger partial charge is 0.253 e. The monoisotopic (exact) mass is 337 g/mol. The highest BCUT2D eigenvalue weighted by Gasteiger charge is 2.28. The molecule has 3 heterocycles. The maximum absolute atomic E-state index is 13.0. The zero-order valence-corrected chi connectivity index (χ0v) is 14.5. The number of hydrogen-bond acceptors (Lipinski definition) is 3. The fraction of sp³-hybridized carbons (Fsp3) is 0.400. The van der Waals surface area contributed by atoms with Crippen LogP contribution in [0.2, 0.25) is 0 Å². The molecule has 4 rings (SSSR count). The number of rotatable bonds is 3. The van der Waals surface area contributed by atoms with E-state index < -0.39 is 0 Å². The third-order valence-electron chi connectivity index (χ3n) is 5.05. The van der Waals surface area contributed by atoms with Crippen molar-refractivity contribution < 1.29 is 9.53 Å². The summed E-state index contributed by atoms with van der Waals surface area (Å²) in [5, 5.41) is 0. The molecule has 1 fully saturated rings. The van der Waals surface area contributed by atoms with Crippen LogP contribution in [0.25, 0.3) is 6.08 Å². The predicted molar refractivity (Wildman–Crippen MR) is 96.4 cm³/mol. The van der Waals surface area contributed by atoms with Crippen LogP contribution in [-0.4, -0.2) is 40.1 Å². The molecule has 1 amide bonds. The standard InChI is InChI=1S/C20H23N3O2/c1-2-19-21-9-11-23(19)17-7-5-10-22(13-17)20(24)16-12-15-6-3-4-8-18(15)25-14-16/h3-4,6,8-9,11-12,17H,2,5,7,10,13-14H2,1H3. The van der Waals surface area contributed by atoms with E-state index in [0.717, 1.165) is 55.1 Å². The van der Waals surface area contributed by atoms with Gasteiger partial charge in [0.1, 0.15) is 18.2 Å². The minimum Gasteiger partial charge on any atom is -0.488 e. The summed E-state index contributed by atoms with van der Waals surface area (Å²) < 4.78 is 7.99. The van der Waals surface area contributed by atoms with Gasteiger partial charge in [-0.05, 0) is 25.0 Å². The third kappa shape index (κ3) is 3.06. The van der Waals surface area contributed by atoms with E-state index in [0.29, 0.717) is 12.6 Å². The molecule has 0 bridgehead atoms. The molecule has 1 aromatic carbocycles. The Labute approximate surface area is 147 Å². The number of aryl methyl sites for hydroxylation is 1. The summed E-state index contributed by atoms with van der Waals surface area (Å²) >= 11 is 0. The number of hydrogen-bond donors (Lipinski definition) is 0. The van der Waals surface area contributed by atoms with Crippen LogP contribution in [0.5, 0.6) is 5.75 Å². The summed E-state index contributed by atoms with van der Waals surface area (Å²) in [5.41, 5.74) is 1.72. The summed E-state index contributed by atoms with van der Waals surface area (Å²) in [6, 6.07) is 8.15. The minimum absolute atomic E-state index is 0.0948. The van der Waals surface area contributed by atoms with Gasteiger partial charge >= 0.3 is 0 Å². The molecule has 25 heavy (non-hydrogen) atoms. The second-order valence-corrected chi connectivity index (χ2v) is 6.65. The van der Waals surface area contributed by atoms with Gasteiger partial charge < -0.3 is 14.2 Å². The van der Waals surface area contributed by atoms with Gasteiger partial charge in [0, 0.05) is 37.5 Å². The second-order valence-electron chi connectivity index (χ2n) is 6.65. The Morgan fingerprint density at radius 1 is 1.36 bits per heavy atom. The topological polar surface area (TPSA) is 47.4 Å². The van der Waals surface area contributed by atoms with E-state index in [1.54, 1.807) is 0 Å². The molecule has 0 radical (unpaired) electrons. The van der Waals surface area contributed by atoms with E-state index in [4.69, 9.17) is 4.74 Å². The van der Waals surface area contributed by atoms with Gasteiger partial charge in [-0.15, -0.1) is 0 Å². The average Bonchev–Trinajstić information content (AvgIpc) is 3.16. The highest BCUT2D eigenvalue weighted by Crippen LogP contribution is 2.28. The average molecular weight is 337 g/mol. The Bertz CT molecular complexity index is 809. The lowest BCUT2D eigenvalue weighted by Gasteiger charge is -2.35. The summed E-state index contributed by atoms with van der Waals surface area (Å²) in [4.78, 5) is 19.4. The molecule has 1 unspecified atom stereocenters. The van der Waals surface area contributed by atoms with Gasteiger partial charge in [0.2, 0.25) is 0 Å². The maximum atomic E-state index is 13.0. The Morgan fingerprint density at radius 3 is 3.12 bits per heavy atom. The molecule has 1 atom stereocenters. The number of piperidine rings is 1. The molecule has 0 saturated carbocycles. The van der Waals surface area contributed by atoms with Crippen molar-refractivity contribution in [3.63, 3.8) is 0 Å². The summed E-state index contributed by atoms with van der Waals surface area (Å²) in [7, 11) is 0. The Morgan fingerprint density at radius 2 is 2.24 bits per heavy atom. The molecule has 0 N–H and O–H groups in total. The molecule has 2 aliphatic heterocycles. The third-order valence-corrected chi connectivity index (χ3v) is 5.05. The fourth-order valence-electron chi connectivity index (χ4n) is 3.76. The molecule has 1 aromatic heterocycles. The number of fused-ring (bicyclic) bond motifs is 1. The van der Waals surface area contributed by atoms with Crippen molar-refractivity contribution >= 4 is 12.0 Å². The van der Waals surface area contributed by atoms with E-state index in [-0.39, 0.29) is 5.91 Å². The molecule has 130 valence electrons. The predicted octanol–water partition coefficient (Wildman–Crippen LogP) is 3.09. The Kier molecular flexibility index (Phi) is 4.30. The van der Waals surface area contributed by atoms with Gasteiger partial charge in [0.25, 0.3) is 5.91 Å². The molecule has 0 aliphatic carbocycles. The molecule has 2 aliphatic rings. The quantitative estimate of drug-likeness (QED) is 0.865. The van der Waals surface area contributed by atoms with Crippen LogP contribution in [0.15, 0.2) is 42.2 Å². The molecule has 1 saturated heterocycles. The summed E-state index contributed by atoms with van der Waals surface area (Å²) in [5.74, 6) is 2.03. The first kappa shape index (κ1) is 15.9. The van der Waals surface area contributed by atoms with Crippen LogP contribution < -0.4 is 4.74 Å². The van der Waals surface area contributed by atoms with Crippen molar-refractivity contribution in [1.29, 1.82) is 0 Å². The number of ether oxygens (including phenoxy) is 1. The molecule has 5 heteroatoms. The molecule has 5 nitrogen and oxygen atoms in total. The fourth-order valence-corrected chi connectivity index (χ4v) is 3.76. The van der Waals surface area contributed by atoms with E-state index in [9.17, 15) is 4.79 Å². The Hall–Kier alpha value is -2.56. The van der Waals surface area contributed by atoms with Crippen molar-refractivity contribution in [2.45, 2.75) is 32.2 Å². The van der Waals surface area contributed by atoms with Crippen molar-refractivity contribution in [2.24, 2.45) is 0 Å². The first-order chi connectivity index (χ1) is 12.3. The first-order valence-corrected chi connectivity index (χ1v) is 8.99. The number of nitrogens with zero attached hydrogens (tertiary/aromatic N) is 3. The van der Waals surface area contributed by atoms with Crippen LogP contribution in [0.4, 0.5) is 0 Å². The minimum atomic E-state index is 0.0948. The lowest BCUT2D eigenvalue weighted by molar-refractivity contribution is -0.129. The summed E-state index contributed by atoms with van der Waals surface area (Å²) in [6.45, 7) is 4.01. The van der Waals surface area contributed by atoms with Crippen molar-refractivity contribution in [3.05, 3.63) is 53.6 Å². The van der Waals surface area contributed by atoms with Crippen LogP contribution in [0.1, 0.15) is 37.2 Å².